The lowest BCUT2D eigenvalue weighted by molar-refractivity contribution is -0.384. The number of nitrogens with zero attached hydrogens (tertiary/aromatic N) is 1. The van der Waals surface area contributed by atoms with Gasteiger partial charge in [0.25, 0.3) is 11.6 Å². The highest BCUT2D eigenvalue weighted by Gasteiger charge is 2.21. The molecule has 2 aromatic carbocycles. The van der Waals surface area contributed by atoms with Gasteiger partial charge in [0, 0.05) is 17.7 Å². The highest BCUT2D eigenvalue weighted by Crippen LogP contribution is 2.29. The van der Waals surface area contributed by atoms with Crippen molar-refractivity contribution in [1.82, 2.24) is 5.32 Å². The quantitative estimate of drug-likeness (QED) is 0.374. The first-order valence-electron chi connectivity index (χ1n) is 8.81. The van der Waals surface area contributed by atoms with E-state index in [9.17, 15) is 19.7 Å². The Morgan fingerprint density at radius 3 is 2.30 bits per heavy atom. The third-order valence-corrected chi connectivity index (χ3v) is 4.23. The molecule has 0 aromatic heterocycles. The number of methoxy groups -OCH3 is 3. The molecule has 0 saturated heterocycles. The molecule has 0 bridgehead atoms. The Kier molecular flexibility index (Phi) is 7.56. The van der Waals surface area contributed by atoms with E-state index in [4.69, 9.17) is 18.9 Å². The lowest BCUT2D eigenvalue weighted by atomic mass is 10.1. The fourth-order valence-electron chi connectivity index (χ4n) is 2.72. The van der Waals surface area contributed by atoms with Gasteiger partial charge in [-0.1, -0.05) is 0 Å². The summed E-state index contributed by atoms with van der Waals surface area (Å²) in [6.45, 7) is 1.15. The predicted molar refractivity (Wildman–Crippen MR) is 106 cm³/mol. The smallest absolute Gasteiger partial charge is 0.342 e. The normalized spacial score (nSPS) is 11.2. The average molecular weight is 418 g/mol. The lowest BCUT2D eigenvalue weighted by Gasteiger charge is -2.18. The largest absolute Gasteiger partial charge is 0.497 e. The van der Waals surface area contributed by atoms with Gasteiger partial charge in [-0.15, -0.1) is 0 Å². The van der Waals surface area contributed by atoms with Crippen molar-refractivity contribution in [2.45, 2.75) is 13.0 Å². The molecular formula is C20H22N2O8. The number of benzene rings is 2. The summed E-state index contributed by atoms with van der Waals surface area (Å²) >= 11 is 0. The first-order valence-corrected chi connectivity index (χ1v) is 8.81. The van der Waals surface area contributed by atoms with Gasteiger partial charge in [-0.3, -0.25) is 14.9 Å². The molecule has 0 fully saturated rings. The number of hydrogen-bond donors (Lipinski definition) is 1. The molecule has 10 nitrogen and oxygen atoms in total. The number of rotatable bonds is 9. The van der Waals surface area contributed by atoms with Crippen molar-refractivity contribution in [3.63, 3.8) is 0 Å². The van der Waals surface area contributed by atoms with E-state index >= 15 is 0 Å². The summed E-state index contributed by atoms with van der Waals surface area (Å²) in [7, 11) is 4.35. The number of ether oxygens (including phenoxy) is 4. The van der Waals surface area contributed by atoms with E-state index in [0.29, 0.717) is 17.1 Å². The van der Waals surface area contributed by atoms with Gasteiger partial charge in [-0.2, -0.15) is 0 Å². The van der Waals surface area contributed by atoms with E-state index in [1.807, 2.05) is 0 Å². The van der Waals surface area contributed by atoms with Crippen LogP contribution in [-0.4, -0.2) is 44.7 Å². The van der Waals surface area contributed by atoms with Crippen LogP contribution in [0.15, 0.2) is 36.4 Å². The summed E-state index contributed by atoms with van der Waals surface area (Å²) < 4.78 is 20.5. The summed E-state index contributed by atoms with van der Waals surface area (Å²) in [4.78, 5) is 34.8. The zero-order valence-electron chi connectivity index (χ0n) is 17.0. The fourth-order valence-corrected chi connectivity index (χ4v) is 2.72. The van der Waals surface area contributed by atoms with Crippen molar-refractivity contribution < 1.29 is 33.5 Å². The standard InChI is InChI=1S/C20H22N2O8/c1-12(15-10-14(27-2)6-8-17(15)28-3)21-19(23)11-30-20(24)16-9-13(22(25)26)5-7-18(16)29-4/h5-10,12H,11H2,1-4H3,(H,21,23)/t12-/m1/s1. The maximum absolute atomic E-state index is 12.3. The molecule has 1 amide bonds. The van der Waals surface area contributed by atoms with Crippen molar-refractivity contribution in [3.8, 4) is 17.2 Å². The third kappa shape index (κ3) is 5.37. The summed E-state index contributed by atoms with van der Waals surface area (Å²) in [5.41, 5.74) is 0.227. The molecule has 0 radical (unpaired) electrons. The second kappa shape index (κ2) is 10.1. The molecule has 0 saturated carbocycles. The SMILES string of the molecule is COc1ccc(OC)c([C@@H](C)NC(=O)COC(=O)c2cc([N+](=O)[O-])ccc2OC)c1. The van der Waals surface area contributed by atoms with Gasteiger partial charge in [0.1, 0.15) is 22.8 Å². The maximum Gasteiger partial charge on any atom is 0.342 e. The van der Waals surface area contributed by atoms with Gasteiger partial charge in [-0.25, -0.2) is 4.79 Å². The molecule has 10 heteroatoms. The molecule has 2 aromatic rings. The molecule has 0 aliphatic carbocycles. The zero-order chi connectivity index (χ0) is 22.3. The number of amides is 1. The third-order valence-electron chi connectivity index (χ3n) is 4.23. The molecule has 0 aliphatic heterocycles. The Hall–Kier alpha value is -3.82. The van der Waals surface area contributed by atoms with Gasteiger partial charge >= 0.3 is 5.97 Å². The van der Waals surface area contributed by atoms with Crippen molar-refractivity contribution >= 4 is 17.6 Å². The second-order valence-electron chi connectivity index (χ2n) is 6.11. The number of carbonyl (C=O) groups is 2. The molecule has 30 heavy (non-hydrogen) atoms. The minimum absolute atomic E-state index is 0.0977. The Morgan fingerprint density at radius 1 is 1.03 bits per heavy atom. The molecule has 1 atom stereocenters. The Balaban J connectivity index is 2.05. The molecule has 1 N–H and O–H groups in total. The molecule has 0 heterocycles. The first kappa shape index (κ1) is 22.5. The van der Waals surface area contributed by atoms with Crippen LogP contribution in [0.25, 0.3) is 0 Å². The van der Waals surface area contributed by atoms with Gasteiger partial charge in [-0.05, 0) is 31.2 Å². The number of non-ortho nitro benzene ring substituents is 1. The van der Waals surface area contributed by atoms with Crippen molar-refractivity contribution in [3.05, 3.63) is 57.6 Å². The first-order chi connectivity index (χ1) is 14.3. The minimum atomic E-state index is -0.919. The lowest BCUT2D eigenvalue weighted by Crippen LogP contribution is -2.31. The Bertz CT molecular complexity index is 944. The number of nitro benzene ring substituents is 1. The topological polar surface area (TPSA) is 126 Å². The summed E-state index contributed by atoms with van der Waals surface area (Å²) in [5.74, 6) is -0.235. The average Bonchev–Trinajstić information content (AvgIpc) is 2.76. The van der Waals surface area contributed by atoms with Crippen molar-refractivity contribution in [1.29, 1.82) is 0 Å². The molecule has 0 unspecified atom stereocenters. The van der Waals surface area contributed by atoms with Gasteiger partial charge in [0.15, 0.2) is 6.61 Å². The summed E-state index contributed by atoms with van der Waals surface area (Å²) in [6.07, 6.45) is 0. The van der Waals surface area contributed by atoms with Crippen LogP contribution in [0, 0.1) is 10.1 Å². The van der Waals surface area contributed by atoms with E-state index < -0.39 is 29.4 Å². The molecule has 2 rings (SSSR count). The van der Waals surface area contributed by atoms with Gasteiger partial charge in [0.2, 0.25) is 0 Å². The van der Waals surface area contributed by atoms with E-state index in [2.05, 4.69) is 5.32 Å². The van der Waals surface area contributed by atoms with E-state index in [1.165, 1.54) is 33.5 Å². The predicted octanol–water partition coefficient (Wildman–Crippen LogP) is 2.65. The summed E-state index contributed by atoms with van der Waals surface area (Å²) in [5, 5.41) is 13.6. The van der Waals surface area contributed by atoms with Crippen LogP contribution >= 0.6 is 0 Å². The van der Waals surface area contributed by atoms with E-state index in [0.717, 1.165) is 6.07 Å². The number of nitrogens with one attached hydrogen (secondary N) is 1. The Morgan fingerprint density at radius 2 is 1.70 bits per heavy atom. The molecule has 0 spiro atoms. The van der Waals surface area contributed by atoms with Crippen LogP contribution in [0.1, 0.15) is 28.9 Å². The van der Waals surface area contributed by atoms with Crippen LogP contribution in [0.3, 0.4) is 0 Å². The van der Waals surface area contributed by atoms with E-state index in [-0.39, 0.29) is 17.0 Å². The van der Waals surface area contributed by atoms with Gasteiger partial charge in [0.05, 0.1) is 32.3 Å². The van der Waals surface area contributed by atoms with Crippen LogP contribution in [-0.2, 0) is 9.53 Å². The Labute approximate surface area is 172 Å². The highest BCUT2D eigenvalue weighted by atomic mass is 16.6. The molecular weight excluding hydrogens is 396 g/mol. The van der Waals surface area contributed by atoms with Crippen LogP contribution in [0.4, 0.5) is 5.69 Å². The number of nitro groups is 1. The molecule has 0 aliphatic rings. The monoisotopic (exact) mass is 418 g/mol. The van der Waals surface area contributed by atoms with Crippen molar-refractivity contribution in [2.24, 2.45) is 0 Å². The number of hydrogen-bond acceptors (Lipinski definition) is 8. The van der Waals surface area contributed by atoms with Crippen LogP contribution < -0.4 is 19.5 Å². The second-order valence-corrected chi connectivity index (χ2v) is 6.11. The minimum Gasteiger partial charge on any atom is -0.497 e. The zero-order valence-corrected chi connectivity index (χ0v) is 17.0. The highest BCUT2D eigenvalue weighted by molar-refractivity contribution is 5.94. The van der Waals surface area contributed by atoms with Crippen molar-refractivity contribution in [2.75, 3.05) is 27.9 Å². The van der Waals surface area contributed by atoms with Gasteiger partial charge < -0.3 is 24.3 Å². The number of esters is 1. The van der Waals surface area contributed by atoms with Crippen LogP contribution in [0.5, 0.6) is 17.2 Å². The van der Waals surface area contributed by atoms with E-state index in [1.54, 1.807) is 25.1 Å². The summed E-state index contributed by atoms with van der Waals surface area (Å²) in [6, 6.07) is 8.22. The fraction of sp³-hybridized carbons (Fsp3) is 0.300. The molecule has 160 valence electrons. The van der Waals surface area contributed by atoms with Crippen LogP contribution in [0.2, 0.25) is 0 Å². The maximum atomic E-state index is 12.3. The number of carbonyl (C=O) groups excluding carboxylic acids is 2.